The fourth-order valence-electron chi connectivity index (χ4n) is 1.55. The summed E-state index contributed by atoms with van der Waals surface area (Å²) in [5.41, 5.74) is 0.408. The van der Waals surface area contributed by atoms with Crippen LogP contribution in [0.1, 0.15) is 6.92 Å². The Balaban J connectivity index is 2.22. The number of aromatic nitrogens is 1. The zero-order chi connectivity index (χ0) is 13.7. The van der Waals surface area contributed by atoms with Crippen molar-refractivity contribution in [1.82, 2.24) is 4.98 Å². The normalized spacial score (nSPS) is 11.4. The van der Waals surface area contributed by atoms with Gasteiger partial charge in [-0.2, -0.15) is 0 Å². The van der Waals surface area contributed by atoms with Crippen LogP contribution < -0.4 is 4.74 Å². The van der Waals surface area contributed by atoms with Gasteiger partial charge in [-0.15, -0.1) is 0 Å². The summed E-state index contributed by atoms with van der Waals surface area (Å²) in [5.74, 6) is -0.302. The summed E-state index contributed by atoms with van der Waals surface area (Å²) in [4.78, 5) is 15.6. The van der Waals surface area contributed by atoms with Crippen LogP contribution in [0.5, 0.6) is 11.6 Å². The number of benzene rings is 1. The highest BCUT2D eigenvalue weighted by Crippen LogP contribution is 2.24. The first-order chi connectivity index (χ1) is 9.20. The molecule has 19 heavy (non-hydrogen) atoms. The number of hydrogen-bond donors (Lipinski definition) is 1. The molecule has 0 amide bonds. The number of rotatable bonds is 3. The third-order valence-electron chi connectivity index (χ3n) is 2.41. The lowest BCUT2D eigenvalue weighted by molar-refractivity contribution is -0.129. The first kappa shape index (κ1) is 12.8. The van der Waals surface area contributed by atoms with Crippen LogP contribution in [0.25, 0.3) is 10.9 Å². The molecule has 0 saturated carbocycles. The molecule has 2 aromatic rings. The van der Waals surface area contributed by atoms with E-state index in [-0.39, 0.29) is 11.6 Å². The average Bonchev–Trinajstić information content (AvgIpc) is 2.40. The maximum atomic E-state index is 11.5. The molecular weight excluding hydrogens is 242 g/mol. The summed E-state index contributed by atoms with van der Waals surface area (Å²) in [6.45, 7) is 1.85. The third kappa shape index (κ3) is 3.19. The second kappa shape index (κ2) is 5.82. The van der Waals surface area contributed by atoms with Gasteiger partial charge in [-0.3, -0.25) is 0 Å². The van der Waals surface area contributed by atoms with Crippen LogP contribution in [0.4, 0.5) is 0 Å². The van der Waals surface area contributed by atoms with Gasteiger partial charge in [-0.1, -0.05) is 30.4 Å². The maximum absolute atomic E-state index is 11.5. The van der Waals surface area contributed by atoms with Crippen LogP contribution in [0.15, 0.2) is 54.6 Å². The molecule has 2 rings (SSSR count). The first-order valence-electron chi connectivity index (χ1n) is 5.80. The van der Waals surface area contributed by atoms with Crippen LogP contribution >= 0.6 is 0 Å². The van der Waals surface area contributed by atoms with Gasteiger partial charge in [0.2, 0.25) is 5.88 Å². The van der Waals surface area contributed by atoms with Gasteiger partial charge in [0.15, 0.2) is 0 Å². The largest absolute Gasteiger partial charge is 0.506 e. The number of phenols is 1. The topological polar surface area (TPSA) is 59.4 Å². The van der Waals surface area contributed by atoms with Crippen molar-refractivity contribution in [2.24, 2.45) is 0 Å². The van der Waals surface area contributed by atoms with Crippen molar-refractivity contribution in [3.05, 3.63) is 54.6 Å². The molecule has 4 heteroatoms. The fourth-order valence-corrected chi connectivity index (χ4v) is 1.55. The number of carbonyl (C=O) groups is 1. The van der Waals surface area contributed by atoms with Gasteiger partial charge in [0.05, 0.1) is 0 Å². The molecule has 0 fully saturated rings. The van der Waals surface area contributed by atoms with Gasteiger partial charge in [0.1, 0.15) is 11.3 Å². The molecule has 0 aliphatic heterocycles. The zero-order valence-corrected chi connectivity index (χ0v) is 10.4. The Morgan fingerprint density at radius 2 is 2.11 bits per heavy atom. The summed E-state index contributed by atoms with van der Waals surface area (Å²) >= 11 is 0. The van der Waals surface area contributed by atoms with E-state index < -0.39 is 5.97 Å². The van der Waals surface area contributed by atoms with E-state index in [1.807, 2.05) is 13.0 Å². The number of carbonyl (C=O) groups excluding carboxylic acids is 1. The second-order valence-corrected chi connectivity index (χ2v) is 3.80. The summed E-state index contributed by atoms with van der Waals surface area (Å²) in [5, 5.41) is 10.5. The Kier molecular flexibility index (Phi) is 3.93. The van der Waals surface area contributed by atoms with Crippen LogP contribution in [0.2, 0.25) is 0 Å². The number of hydrogen-bond acceptors (Lipinski definition) is 4. The lowest BCUT2D eigenvalue weighted by Crippen LogP contribution is -2.04. The fraction of sp³-hybridized carbons (Fsp3) is 0.0667. The van der Waals surface area contributed by atoms with E-state index in [1.165, 1.54) is 12.1 Å². The molecule has 96 valence electrons. The Morgan fingerprint density at radius 3 is 2.89 bits per heavy atom. The Labute approximate surface area is 110 Å². The third-order valence-corrected chi connectivity index (χ3v) is 2.41. The Morgan fingerprint density at radius 1 is 1.26 bits per heavy atom. The maximum Gasteiger partial charge on any atom is 0.337 e. The summed E-state index contributed by atoms with van der Waals surface area (Å²) in [7, 11) is 0. The van der Waals surface area contributed by atoms with Crippen LogP contribution in [-0.2, 0) is 4.79 Å². The molecule has 0 unspecified atom stereocenters. The molecule has 4 nitrogen and oxygen atoms in total. The monoisotopic (exact) mass is 255 g/mol. The minimum absolute atomic E-state index is 0.0554. The number of fused-ring (bicyclic) bond motifs is 1. The van der Waals surface area contributed by atoms with Crippen molar-refractivity contribution in [2.45, 2.75) is 6.92 Å². The molecule has 1 N–H and O–H groups in total. The minimum Gasteiger partial charge on any atom is -0.506 e. The SMILES string of the molecule is C/C=C/C=C/C(=O)Oc1ccc2cccc(O)c2n1. The second-order valence-electron chi connectivity index (χ2n) is 3.80. The molecule has 0 bridgehead atoms. The van der Waals surface area contributed by atoms with E-state index in [9.17, 15) is 9.90 Å². The highest BCUT2D eigenvalue weighted by atomic mass is 16.5. The number of ether oxygens (including phenoxy) is 1. The van der Waals surface area contributed by atoms with Crippen molar-refractivity contribution in [3.63, 3.8) is 0 Å². The van der Waals surface area contributed by atoms with Crippen LogP contribution in [0, 0.1) is 0 Å². The Bertz CT molecular complexity index is 659. The van der Waals surface area contributed by atoms with Gasteiger partial charge < -0.3 is 9.84 Å². The number of aromatic hydroxyl groups is 1. The molecule has 0 atom stereocenters. The number of nitrogens with zero attached hydrogens (tertiary/aromatic N) is 1. The van der Waals surface area contributed by atoms with Gasteiger partial charge in [0.25, 0.3) is 0 Å². The lowest BCUT2D eigenvalue weighted by atomic mass is 10.2. The lowest BCUT2D eigenvalue weighted by Gasteiger charge is -2.03. The number of para-hydroxylation sites is 1. The molecule has 0 radical (unpaired) electrons. The molecule has 0 saturated heterocycles. The van der Waals surface area contributed by atoms with Gasteiger partial charge in [-0.25, -0.2) is 9.78 Å². The highest BCUT2D eigenvalue weighted by molar-refractivity contribution is 5.86. The number of phenolic OH excluding ortho intramolecular Hbond substituents is 1. The van der Waals surface area contributed by atoms with E-state index in [0.29, 0.717) is 5.52 Å². The number of esters is 1. The molecule has 0 aliphatic carbocycles. The number of pyridine rings is 1. The minimum atomic E-state index is -0.514. The Hall–Kier alpha value is -2.62. The molecule has 1 aromatic heterocycles. The quantitative estimate of drug-likeness (QED) is 0.520. The summed E-state index contributed by atoms with van der Waals surface area (Å²) < 4.78 is 5.04. The van der Waals surface area contributed by atoms with E-state index >= 15 is 0 Å². The van der Waals surface area contributed by atoms with E-state index in [4.69, 9.17) is 4.74 Å². The molecule has 0 spiro atoms. The van der Waals surface area contributed by atoms with Gasteiger partial charge in [-0.05, 0) is 19.1 Å². The van der Waals surface area contributed by atoms with Crippen molar-refractivity contribution in [1.29, 1.82) is 0 Å². The number of allylic oxidation sites excluding steroid dienone is 3. The van der Waals surface area contributed by atoms with Crippen molar-refractivity contribution in [3.8, 4) is 11.6 Å². The molecular formula is C15H13NO3. The predicted octanol–water partition coefficient (Wildman–Crippen LogP) is 2.98. The standard InChI is InChI=1S/C15H13NO3/c1-2-3-4-8-14(18)19-13-10-9-11-6-5-7-12(17)15(11)16-13/h2-10,17H,1H3/b3-2+,8-4+. The van der Waals surface area contributed by atoms with Crippen molar-refractivity contribution >= 4 is 16.9 Å². The van der Waals surface area contributed by atoms with Gasteiger partial charge >= 0.3 is 5.97 Å². The van der Waals surface area contributed by atoms with E-state index in [2.05, 4.69) is 4.98 Å². The summed E-state index contributed by atoms with van der Waals surface area (Å²) in [6, 6.07) is 8.40. The smallest absolute Gasteiger partial charge is 0.337 e. The van der Waals surface area contributed by atoms with Crippen molar-refractivity contribution in [2.75, 3.05) is 0 Å². The molecule has 1 heterocycles. The van der Waals surface area contributed by atoms with Crippen molar-refractivity contribution < 1.29 is 14.6 Å². The van der Waals surface area contributed by atoms with Crippen LogP contribution in [-0.4, -0.2) is 16.1 Å². The zero-order valence-electron chi connectivity index (χ0n) is 10.4. The summed E-state index contributed by atoms with van der Waals surface area (Å²) in [6.07, 6.45) is 6.41. The van der Waals surface area contributed by atoms with Gasteiger partial charge in [0, 0.05) is 17.5 Å². The van der Waals surface area contributed by atoms with E-state index in [0.717, 1.165) is 5.39 Å². The first-order valence-corrected chi connectivity index (χ1v) is 5.80. The molecule has 1 aromatic carbocycles. The highest BCUT2D eigenvalue weighted by Gasteiger charge is 2.05. The predicted molar refractivity (Wildman–Crippen MR) is 73.0 cm³/mol. The van der Waals surface area contributed by atoms with Crippen LogP contribution in [0.3, 0.4) is 0 Å². The average molecular weight is 255 g/mol. The van der Waals surface area contributed by atoms with E-state index in [1.54, 1.807) is 36.4 Å². The molecule has 0 aliphatic rings.